The molecule has 6 heteroatoms. The topological polar surface area (TPSA) is 49.4 Å². The number of nitrogens with zero attached hydrogens (tertiary/aromatic N) is 1. The number of nitrogens with one attached hydrogen (secondary N) is 1. The predicted molar refractivity (Wildman–Crippen MR) is 87.4 cm³/mol. The number of hydrogen-bond donors (Lipinski definition) is 1. The summed E-state index contributed by atoms with van der Waals surface area (Å²) in [5, 5.41) is 4.99. The molecular formula is C15H19ClN2O2S. The van der Waals surface area contributed by atoms with E-state index >= 15 is 0 Å². The lowest BCUT2D eigenvalue weighted by Crippen LogP contribution is -2.34. The lowest BCUT2D eigenvalue weighted by atomic mass is 10.1. The third-order valence-corrected chi connectivity index (χ3v) is 5.62. The second-order valence-corrected chi connectivity index (χ2v) is 6.89. The summed E-state index contributed by atoms with van der Waals surface area (Å²) in [6.45, 7) is 2.70. The number of sulfonamides is 1. The summed E-state index contributed by atoms with van der Waals surface area (Å²) in [7, 11) is -3.42. The molecule has 114 valence electrons. The molecule has 1 N–H and O–H groups in total. The Morgan fingerprint density at radius 2 is 1.71 bits per heavy atom. The molecule has 2 aromatic carbocycles. The van der Waals surface area contributed by atoms with Crippen molar-refractivity contribution in [1.82, 2.24) is 9.62 Å². The highest BCUT2D eigenvalue weighted by molar-refractivity contribution is 7.89. The molecule has 0 spiro atoms. The Morgan fingerprint density at radius 3 is 2.57 bits per heavy atom. The van der Waals surface area contributed by atoms with E-state index in [-0.39, 0.29) is 12.4 Å². The average Bonchev–Trinajstić information content (AvgIpc) is 2.76. The molecular weight excluding hydrogens is 308 g/mol. The van der Waals surface area contributed by atoms with Gasteiger partial charge < -0.3 is 5.32 Å². The van der Waals surface area contributed by atoms with Gasteiger partial charge in [-0.1, -0.05) is 36.4 Å². The fourth-order valence-corrected chi connectivity index (χ4v) is 4.31. The van der Waals surface area contributed by atoms with Crippen molar-refractivity contribution in [2.24, 2.45) is 0 Å². The number of fused-ring (bicyclic) bond motifs is 1. The minimum atomic E-state index is -3.42. The Morgan fingerprint density at radius 1 is 0.952 bits per heavy atom. The van der Waals surface area contributed by atoms with Gasteiger partial charge in [-0.2, -0.15) is 4.31 Å². The number of halogens is 1. The van der Waals surface area contributed by atoms with Gasteiger partial charge >= 0.3 is 0 Å². The maximum Gasteiger partial charge on any atom is 0.243 e. The summed E-state index contributed by atoms with van der Waals surface area (Å²) in [6.07, 6.45) is 0.851. The van der Waals surface area contributed by atoms with E-state index in [0.717, 1.165) is 23.7 Å². The van der Waals surface area contributed by atoms with Gasteiger partial charge in [0.25, 0.3) is 0 Å². The molecule has 0 atom stereocenters. The summed E-state index contributed by atoms with van der Waals surface area (Å²) in [5.74, 6) is 0. The summed E-state index contributed by atoms with van der Waals surface area (Å²) < 4.78 is 27.3. The second-order valence-electron chi connectivity index (χ2n) is 4.98. The molecule has 1 heterocycles. The monoisotopic (exact) mass is 326 g/mol. The van der Waals surface area contributed by atoms with Gasteiger partial charge in [0.2, 0.25) is 10.0 Å². The molecule has 2 aromatic rings. The van der Waals surface area contributed by atoms with Gasteiger partial charge in [-0.25, -0.2) is 8.42 Å². The number of hydrogen-bond acceptors (Lipinski definition) is 3. The predicted octanol–water partition coefficient (Wildman–Crippen LogP) is 2.25. The van der Waals surface area contributed by atoms with E-state index in [4.69, 9.17) is 0 Å². The van der Waals surface area contributed by atoms with Crippen LogP contribution in [-0.4, -0.2) is 38.9 Å². The third-order valence-electron chi connectivity index (χ3n) is 3.67. The zero-order chi connectivity index (χ0) is 14.0. The van der Waals surface area contributed by atoms with Crippen molar-refractivity contribution in [2.45, 2.75) is 11.3 Å². The lowest BCUT2D eigenvalue weighted by molar-refractivity contribution is 0.432. The molecule has 0 radical (unpaired) electrons. The first-order valence-corrected chi connectivity index (χ1v) is 8.32. The smallest absolute Gasteiger partial charge is 0.243 e. The minimum Gasteiger partial charge on any atom is -0.315 e. The van der Waals surface area contributed by atoms with E-state index in [1.807, 2.05) is 36.4 Å². The standard InChI is InChI=1S/C15H18N2O2S.ClH/c18-20(19,17-11-4-9-16-10-12-17)15-8-3-6-13-5-1-2-7-14(13)15;/h1-3,5-8,16H,4,9-12H2;1H. The molecule has 4 nitrogen and oxygen atoms in total. The Balaban J connectivity index is 0.00000161. The number of benzene rings is 2. The van der Waals surface area contributed by atoms with Gasteiger partial charge in [0, 0.05) is 25.0 Å². The average molecular weight is 327 g/mol. The molecule has 0 saturated carbocycles. The molecule has 1 saturated heterocycles. The molecule has 0 bridgehead atoms. The first-order chi connectivity index (χ1) is 9.69. The molecule has 1 aliphatic rings. The van der Waals surface area contributed by atoms with E-state index in [1.54, 1.807) is 10.4 Å². The molecule has 1 fully saturated rings. The van der Waals surface area contributed by atoms with Crippen molar-refractivity contribution < 1.29 is 8.42 Å². The molecule has 1 aliphatic heterocycles. The first kappa shape index (κ1) is 16.2. The minimum absolute atomic E-state index is 0. The maximum absolute atomic E-state index is 12.9. The molecule has 0 amide bonds. The molecule has 0 unspecified atom stereocenters. The highest BCUT2D eigenvalue weighted by Crippen LogP contribution is 2.25. The van der Waals surface area contributed by atoms with Crippen LogP contribution in [0.5, 0.6) is 0 Å². The highest BCUT2D eigenvalue weighted by Gasteiger charge is 2.26. The third kappa shape index (κ3) is 3.21. The molecule has 0 aliphatic carbocycles. The largest absolute Gasteiger partial charge is 0.315 e. The van der Waals surface area contributed by atoms with Crippen molar-refractivity contribution in [3.63, 3.8) is 0 Å². The van der Waals surface area contributed by atoms with Crippen LogP contribution in [0.15, 0.2) is 47.4 Å². The maximum atomic E-state index is 12.9. The van der Waals surface area contributed by atoms with Crippen molar-refractivity contribution in [2.75, 3.05) is 26.2 Å². The van der Waals surface area contributed by atoms with E-state index < -0.39 is 10.0 Å². The summed E-state index contributed by atoms with van der Waals surface area (Å²) >= 11 is 0. The summed E-state index contributed by atoms with van der Waals surface area (Å²) in [6, 6.07) is 13.1. The summed E-state index contributed by atoms with van der Waals surface area (Å²) in [5.41, 5.74) is 0. The van der Waals surface area contributed by atoms with Crippen molar-refractivity contribution >= 4 is 33.2 Å². The Kier molecular flexibility index (Phi) is 5.22. The van der Waals surface area contributed by atoms with Crippen LogP contribution in [0.1, 0.15) is 6.42 Å². The van der Waals surface area contributed by atoms with Crippen LogP contribution in [0, 0.1) is 0 Å². The van der Waals surface area contributed by atoms with Gasteiger partial charge in [0.05, 0.1) is 4.90 Å². The quantitative estimate of drug-likeness (QED) is 0.921. The van der Waals surface area contributed by atoms with Crippen LogP contribution in [0.3, 0.4) is 0 Å². The zero-order valence-corrected chi connectivity index (χ0v) is 13.3. The van der Waals surface area contributed by atoms with Gasteiger partial charge in [-0.05, 0) is 24.4 Å². The van der Waals surface area contributed by atoms with Crippen LogP contribution >= 0.6 is 12.4 Å². The van der Waals surface area contributed by atoms with Gasteiger partial charge in [-0.3, -0.25) is 0 Å². The second kappa shape index (κ2) is 6.75. The van der Waals surface area contributed by atoms with Gasteiger partial charge in [0.15, 0.2) is 0 Å². The van der Waals surface area contributed by atoms with Gasteiger partial charge in [-0.15, -0.1) is 12.4 Å². The Bertz CT molecular complexity index is 705. The van der Waals surface area contributed by atoms with Crippen molar-refractivity contribution in [1.29, 1.82) is 0 Å². The van der Waals surface area contributed by atoms with Crippen molar-refractivity contribution in [3.05, 3.63) is 42.5 Å². The van der Waals surface area contributed by atoms with Crippen LogP contribution in [0.4, 0.5) is 0 Å². The Labute approximate surface area is 131 Å². The first-order valence-electron chi connectivity index (χ1n) is 6.88. The lowest BCUT2D eigenvalue weighted by Gasteiger charge is -2.20. The normalized spacial score (nSPS) is 17.1. The Hall–Kier alpha value is -1.14. The molecule has 0 aromatic heterocycles. The van der Waals surface area contributed by atoms with Crippen LogP contribution < -0.4 is 5.32 Å². The van der Waals surface area contributed by atoms with E-state index in [9.17, 15) is 8.42 Å². The number of rotatable bonds is 2. The summed E-state index contributed by atoms with van der Waals surface area (Å²) in [4.78, 5) is 0.414. The van der Waals surface area contributed by atoms with Crippen LogP contribution in [-0.2, 0) is 10.0 Å². The fraction of sp³-hybridized carbons (Fsp3) is 0.333. The SMILES string of the molecule is Cl.O=S(=O)(c1cccc2ccccc12)N1CCCNCC1. The van der Waals surface area contributed by atoms with Crippen molar-refractivity contribution in [3.8, 4) is 0 Å². The van der Waals surface area contributed by atoms with E-state index in [1.165, 1.54) is 0 Å². The van der Waals surface area contributed by atoms with Gasteiger partial charge in [0.1, 0.15) is 0 Å². The highest BCUT2D eigenvalue weighted by atomic mass is 35.5. The molecule has 21 heavy (non-hydrogen) atoms. The van der Waals surface area contributed by atoms with E-state index in [0.29, 0.717) is 24.5 Å². The van der Waals surface area contributed by atoms with Crippen LogP contribution in [0.25, 0.3) is 10.8 Å². The fourth-order valence-electron chi connectivity index (χ4n) is 2.62. The zero-order valence-electron chi connectivity index (χ0n) is 11.7. The van der Waals surface area contributed by atoms with Crippen LogP contribution in [0.2, 0.25) is 0 Å². The van der Waals surface area contributed by atoms with E-state index in [2.05, 4.69) is 5.32 Å². The molecule has 3 rings (SSSR count).